The molecule has 0 bridgehead atoms. The predicted molar refractivity (Wildman–Crippen MR) is 132 cm³/mol. The van der Waals surface area contributed by atoms with Crippen molar-refractivity contribution in [1.29, 1.82) is 0 Å². The van der Waals surface area contributed by atoms with Crippen LogP contribution in [0.5, 0.6) is 5.75 Å². The number of nitrogens with zero attached hydrogens (tertiary/aromatic N) is 1. The number of carbonyl (C=O) groups is 2. The van der Waals surface area contributed by atoms with Crippen molar-refractivity contribution in [2.24, 2.45) is 11.3 Å². The molecule has 0 aromatic heterocycles. The molecule has 2 unspecified atom stereocenters. The monoisotopic (exact) mass is 468 g/mol. The van der Waals surface area contributed by atoms with Gasteiger partial charge in [0.15, 0.2) is 6.10 Å². The molecule has 184 valence electrons. The second kappa shape index (κ2) is 10.6. The van der Waals surface area contributed by atoms with Gasteiger partial charge in [0, 0.05) is 18.5 Å². The maximum Gasteiger partial charge on any atom is 0.261 e. The zero-order valence-electron chi connectivity index (χ0n) is 21.2. The molecule has 0 spiro atoms. The van der Waals surface area contributed by atoms with Crippen LogP contribution in [0.3, 0.4) is 0 Å². The van der Waals surface area contributed by atoms with Gasteiger partial charge in [0.2, 0.25) is 5.91 Å². The largest absolute Gasteiger partial charge is 0.481 e. The van der Waals surface area contributed by atoms with Gasteiger partial charge in [-0.25, -0.2) is 4.39 Å². The fraction of sp³-hybridized carbons (Fsp3) is 0.500. The highest BCUT2D eigenvalue weighted by Gasteiger charge is 2.37. The summed E-state index contributed by atoms with van der Waals surface area (Å²) < 4.78 is 19.8. The van der Waals surface area contributed by atoms with Gasteiger partial charge in [0.25, 0.3) is 5.91 Å². The predicted octanol–water partition coefficient (Wildman–Crippen LogP) is 5.28. The van der Waals surface area contributed by atoms with Crippen LogP contribution in [0.25, 0.3) is 0 Å². The number of nitrogens with one attached hydrogen (secondary N) is 1. The van der Waals surface area contributed by atoms with E-state index in [-0.39, 0.29) is 23.7 Å². The summed E-state index contributed by atoms with van der Waals surface area (Å²) in [5, 5.41) is 2.94. The van der Waals surface area contributed by atoms with Crippen LogP contribution in [0.15, 0.2) is 42.5 Å². The Labute approximate surface area is 202 Å². The number of rotatable bonds is 7. The van der Waals surface area contributed by atoms with Gasteiger partial charge in [-0.1, -0.05) is 59.7 Å². The van der Waals surface area contributed by atoms with Crippen molar-refractivity contribution in [3.05, 3.63) is 65.0 Å². The van der Waals surface area contributed by atoms with Crippen molar-refractivity contribution in [2.45, 2.75) is 66.5 Å². The van der Waals surface area contributed by atoms with Crippen molar-refractivity contribution in [3.63, 3.8) is 0 Å². The summed E-state index contributed by atoms with van der Waals surface area (Å²) in [6.07, 6.45) is 0.662. The van der Waals surface area contributed by atoms with Crippen LogP contribution in [-0.2, 0) is 16.0 Å². The molecule has 1 aliphatic heterocycles. The number of carbonyl (C=O) groups excluding carboxylic acids is 2. The second-order valence-corrected chi connectivity index (χ2v) is 10.5. The Morgan fingerprint density at radius 3 is 2.41 bits per heavy atom. The molecular formula is C28H37FN2O3. The van der Waals surface area contributed by atoms with Crippen LogP contribution in [0.1, 0.15) is 70.7 Å². The molecule has 2 atom stereocenters. The van der Waals surface area contributed by atoms with Gasteiger partial charge >= 0.3 is 0 Å². The van der Waals surface area contributed by atoms with Gasteiger partial charge in [0.1, 0.15) is 11.6 Å². The van der Waals surface area contributed by atoms with Crippen molar-refractivity contribution in [3.8, 4) is 5.75 Å². The van der Waals surface area contributed by atoms with E-state index in [1.165, 1.54) is 12.1 Å². The van der Waals surface area contributed by atoms with Crippen molar-refractivity contribution >= 4 is 11.8 Å². The third-order valence-corrected chi connectivity index (χ3v) is 6.06. The molecule has 1 aliphatic rings. The van der Waals surface area contributed by atoms with Gasteiger partial charge in [-0.3, -0.25) is 9.59 Å². The van der Waals surface area contributed by atoms with Crippen molar-refractivity contribution < 1.29 is 18.7 Å². The Morgan fingerprint density at radius 1 is 1.15 bits per heavy atom. The zero-order valence-corrected chi connectivity index (χ0v) is 21.2. The Balaban J connectivity index is 1.97. The smallest absolute Gasteiger partial charge is 0.261 e. The van der Waals surface area contributed by atoms with Crippen LogP contribution in [-0.4, -0.2) is 35.9 Å². The van der Waals surface area contributed by atoms with Crippen LogP contribution in [0, 0.1) is 17.2 Å². The lowest BCUT2D eigenvalue weighted by Gasteiger charge is -2.41. The fourth-order valence-corrected chi connectivity index (χ4v) is 4.23. The van der Waals surface area contributed by atoms with Gasteiger partial charge in [-0.2, -0.15) is 0 Å². The third-order valence-electron chi connectivity index (χ3n) is 6.06. The topological polar surface area (TPSA) is 58.6 Å². The summed E-state index contributed by atoms with van der Waals surface area (Å²) in [4.78, 5) is 27.9. The first-order valence-corrected chi connectivity index (χ1v) is 12.1. The molecule has 3 rings (SSSR count). The van der Waals surface area contributed by atoms with E-state index in [1.807, 2.05) is 64.6 Å². The molecule has 0 saturated carbocycles. The lowest BCUT2D eigenvalue weighted by molar-refractivity contribution is -0.141. The molecule has 1 N–H and O–H groups in total. The molecule has 1 heterocycles. The van der Waals surface area contributed by atoms with Crippen molar-refractivity contribution in [1.82, 2.24) is 10.2 Å². The van der Waals surface area contributed by atoms with E-state index in [2.05, 4.69) is 5.32 Å². The molecular weight excluding hydrogens is 431 g/mol. The Hall–Kier alpha value is -2.89. The molecule has 2 aromatic carbocycles. The molecule has 0 aliphatic carbocycles. The number of benzene rings is 2. The molecule has 6 heteroatoms. The first-order valence-electron chi connectivity index (χ1n) is 12.1. The number of halogens is 1. The number of fused-ring (bicyclic) bond motifs is 1. The fourth-order valence-electron chi connectivity index (χ4n) is 4.23. The number of hydrogen-bond donors (Lipinski definition) is 1. The first kappa shape index (κ1) is 25.7. The Morgan fingerprint density at radius 2 is 1.82 bits per heavy atom. The Kier molecular flexibility index (Phi) is 8.01. The second-order valence-electron chi connectivity index (χ2n) is 10.5. The number of amides is 2. The van der Waals surface area contributed by atoms with E-state index >= 15 is 0 Å². The minimum atomic E-state index is -0.600. The SMILES string of the molecule is CCC(Oc1ccc2c(c1)C(c1ccc(F)cc1)N(C(=O)C(C)(C)C)CC2)C(=O)NCC(C)C. The average Bonchev–Trinajstić information content (AvgIpc) is 2.79. The number of ether oxygens (including phenoxy) is 1. The lowest BCUT2D eigenvalue weighted by Crippen LogP contribution is -2.45. The van der Waals surface area contributed by atoms with Gasteiger partial charge < -0.3 is 15.0 Å². The summed E-state index contributed by atoms with van der Waals surface area (Å²) in [6.45, 7) is 12.9. The minimum absolute atomic E-state index is 0.0401. The zero-order chi connectivity index (χ0) is 25.0. The molecule has 34 heavy (non-hydrogen) atoms. The van der Waals surface area contributed by atoms with E-state index in [0.29, 0.717) is 31.2 Å². The molecule has 0 fully saturated rings. The van der Waals surface area contributed by atoms with Crippen molar-refractivity contribution in [2.75, 3.05) is 13.1 Å². The van der Waals surface area contributed by atoms with E-state index in [9.17, 15) is 14.0 Å². The standard InChI is InChI=1S/C28H37FN2O3/c1-7-24(26(32)30-17-18(2)3)34-22-13-10-19-14-15-31(27(33)28(4,5)6)25(23(19)16-22)20-8-11-21(29)12-9-20/h8-13,16,18,24-25H,7,14-15,17H2,1-6H3,(H,30,32). The summed E-state index contributed by atoms with van der Waals surface area (Å²) in [5.74, 6) is 0.533. The third kappa shape index (κ3) is 5.96. The quantitative estimate of drug-likeness (QED) is 0.602. The van der Waals surface area contributed by atoms with Gasteiger partial charge in [-0.05, 0) is 59.7 Å². The summed E-state index contributed by atoms with van der Waals surface area (Å²) >= 11 is 0. The maximum atomic E-state index is 13.7. The van der Waals surface area contributed by atoms with Crippen LogP contribution in [0.2, 0.25) is 0 Å². The average molecular weight is 469 g/mol. The van der Waals surface area contributed by atoms with Gasteiger partial charge in [0.05, 0.1) is 6.04 Å². The summed E-state index contributed by atoms with van der Waals surface area (Å²) in [5.41, 5.74) is 2.37. The van der Waals surface area contributed by atoms with Crippen LogP contribution in [0.4, 0.5) is 4.39 Å². The normalized spacial score (nSPS) is 16.7. The highest BCUT2D eigenvalue weighted by atomic mass is 19.1. The van der Waals surface area contributed by atoms with E-state index < -0.39 is 11.5 Å². The first-order chi connectivity index (χ1) is 16.0. The molecule has 2 amide bonds. The van der Waals surface area contributed by atoms with E-state index in [1.54, 1.807) is 12.1 Å². The van der Waals surface area contributed by atoms with E-state index in [4.69, 9.17) is 4.74 Å². The molecule has 5 nitrogen and oxygen atoms in total. The number of hydrogen-bond acceptors (Lipinski definition) is 3. The maximum absolute atomic E-state index is 13.7. The summed E-state index contributed by atoms with van der Waals surface area (Å²) in [6, 6.07) is 11.8. The highest BCUT2D eigenvalue weighted by molar-refractivity contribution is 5.83. The lowest BCUT2D eigenvalue weighted by atomic mass is 9.85. The highest BCUT2D eigenvalue weighted by Crippen LogP contribution is 2.39. The summed E-state index contributed by atoms with van der Waals surface area (Å²) in [7, 11) is 0. The minimum Gasteiger partial charge on any atom is -0.481 e. The molecule has 0 radical (unpaired) electrons. The van der Waals surface area contributed by atoms with Crippen LogP contribution < -0.4 is 10.1 Å². The Bertz CT molecular complexity index is 1010. The molecule has 2 aromatic rings. The van der Waals surface area contributed by atoms with Crippen LogP contribution >= 0.6 is 0 Å². The van der Waals surface area contributed by atoms with Gasteiger partial charge in [-0.15, -0.1) is 0 Å². The molecule has 0 saturated heterocycles. The van der Waals surface area contributed by atoms with E-state index in [0.717, 1.165) is 23.1 Å².